The lowest BCUT2D eigenvalue weighted by Crippen LogP contribution is -2.43. The van der Waals surface area contributed by atoms with Gasteiger partial charge in [-0.1, -0.05) is 19.8 Å². The predicted molar refractivity (Wildman–Crippen MR) is 67.6 cm³/mol. The van der Waals surface area contributed by atoms with Crippen molar-refractivity contribution in [2.24, 2.45) is 5.92 Å². The summed E-state index contributed by atoms with van der Waals surface area (Å²) in [7, 11) is 1.79. The van der Waals surface area contributed by atoms with E-state index < -0.39 is 12.6 Å². The van der Waals surface area contributed by atoms with Crippen LogP contribution in [0.2, 0.25) is 0 Å². The zero-order chi connectivity index (χ0) is 13.6. The van der Waals surface area contributed by atoms with Gasteiger partial charge in [0.15, 0.2) is 0 Å². The van der Waals surface area contributed by atoms with Crippen molar-refractivity contribution in [3.8, 4) is 0 Å². The molecule has 1 fully saturated rings. The van der Waals surface area contributed by atoms with Crippen molar-refractivity contribution in [1.29, 1.82) is 0 Å². The monoisotopic (exact) mass is 266 g/mol. The van der Waals surface area contributed by atoms with Crippen molar-refractivity contribution in [3.05, 3.63) is 0 Å². The maximum absolute atomic E-state index is 12.2. The third-order valence-electron chi connectivity index (χ3n) is 3.70. The van der Waals surface area contributed by atoms with Crippen LogP contribution in [0.4, 0.5) is 13.2 Å². The van der Waals surface area contributed by atoms with E-state index in [1.165, 1.54) is 12.8 Å². The summed E-state index contributed by atoms with van der Waals surface area (Å²) in [6.07, 6.45) is -0.0102. The molecule has 0 aromatic heterocycles. The molecule has 2 atom stereocenters. The van der Waals surface area contributed by atoms with Crippen LogP contribution in [-0.4, -0.2) is 43.8 Å². The Labute approximate surface area is 108 Å². The summed E-state index contributed by atoms with van der Waals surface area (Å²) in [5, 5.41) is 3.46. The molecule has 1 aliphatic carbocycles. The molecule has 2 nitrogen and oxygen atoms in total. The third-order valence-corrected chi connectivity index (χ3v) is 3.70. The van der Waals surface area contributed by atoms with E-state index in [0.29, 0.717) is 12.0 Å². The lowest BCUT2D eigenvalue weighted by molar-refractivity contribution is -0.137. The average Bonchev–Trinajstić information content (AvgIpc) is 2.29. The van der Waals surface area contributed by atoms with Gasteiger partial charge in [0.2, 0.25) is 0 Å². The first-order chi connectivity index (χ1) is 8.42. The van der Waals surface area contributed by atoms with E-state index in [1.807, 2.05) is 4.90 Å². The summed E-state index contributed by atoms with van der Waals surface area (Å²) in [4.78, 5) is 1.83. The minimum absolute atomic E-state index is 0.110. The Morgan fingerprint density at radius 1 is 1.22 bits per heavy atom. The van der Waals surface area contributed by atoms with Gasteiger partial charge in [-0.3, -0.25) is 0 Å². The van der Waals surface area contributed by atoms with Gasteiger partial charge in [0.05, 0.1) is 6.42 Å². The molecule has 0 aromatic rings. The van der Waals surface area contributed by atoms with Gasteiger partial charge in [-0.2, -0.15) is 13.2 Å². The molecule has 108 valence electrons. The average molecular weight is 266 g/mol. The summed E-state index contributed by atoms with van der Waals surface area (Å²) >= 11 is 0. The van der Waals surface area contributed by atoms with E-state index in [1.54, 1.807) is 7.05 Å². The quantitative estimate of drug-likeness (QED) is 0.795. The van der Waals surface area contributed by atoms with Gasteiger partial charge in [0, 0.05) is 19.1 Å². The van der Waals surface area contributed by atoms with E-state index in [4.69, 9.17) is 0 Å². The summed E-state index contributed by atoms with van der Waals surface area (Å²) in [6.45, 7) is 3.90. The maximum Gasteiger partial charge on any atom is 0.390 e. The number of alkyl halides is 3. The number of nitrogens with zero attached hydrogens (tertiary/aromatic N) is 1. The van der Waals surface area contributed by atoms with Crippen LogP contribution in [0.1, 0.15) is 39.0 Å². The molecule has 5 heteroatoms. The third kappa shape index (κ3) is 6.05. The summed E-state index contributed by atoms with van der Waals surface area (Å²) in [5.74, 6) is 0.497. The van der Waals surface area contributed by atoms with Gasteiger partial charge in [-0.15, -0.1) is 0 Å². The zero-order valence-electron chi connectivity index (χ0n) is 11.4. The first-order valence-corrected chi connectivity index (χ1v) is 6.91. The molecule has 1 saturated carbocycles. The molecular formula is C13H25F3N2. The molecule has 0 bridgehead atoms. The molecule has 0 radical (unpaired) electrons. The first kappa shape index (κ1) is 15.8. The van der Waals surface area contributed by atoms with Crippen LogP contribution in [0.25, 0.3) is 0 Å². The highest BCUT2D eigenvalue weighted by Gasteiger charge is 2.29. The molecule has 0 amide bonds. The lowest BCUT2D eigenvalue weighted by Gasteiger charge is -2.35. The summed E-state index contributed by atoms with van der Waals surface area (Å²) < 4.78 is 36.5. The van der Waals surface area contributed by atoms with Crippen molar-refractivity contribution >= 4 is 0 Å². The summed E-state index contributed by atoms with van der Waals surface area (Å²) in [5.41, 5.74) is 0. The highest BCUT2D eigenvalue weighted by molar-refractivity contribution is 4.82. The van der Waals surface area contributed by atoms with E-state index in [9.17, 15) is 13.2 Å². The Morgan fingerprint density at radius 3 is 2.50 bits per heavy atom. The molecule has 0 aromatic carbocycles. The predicted octanol–water partition coefficient (Wildman–Crippen LogP) is 3.04. The van der Waals surface area contributed by atoms with E-state index in [0.717, 1.165) is 25.9 Å². The highest BCUT2D eigenvalue weighted by Crippen LogP contribution is 2.26. The molecule has 1 aliphatic rings. The molecule has 1 rings (SSSR count). The van der Waals surface area contributed by atoms with Crippen molar-refractivity contribution < 1.29 is 13.2 Å². The Kier molecular flexibility index (Phi) is 6.43. The van der Waals surface area contributed by atoms with Gasteiger partial charge in [0.25, 0.3) is 0 Å². The second-order valence-electron chi connectivity index (χ2n) is 5.34. The largest absolute Gasteiger partial charge is 0.390 e. The van der Waals surface area contributed by atoms with Gasteiger partial charge in [-0.05, 0) is 32.4 Å². The van der Waals surface area contributed by atoms with Crippen LogP contribution in [-0.2, 0) is 0 Å². The Balaban J connectivity index is 2.34. The molecule has 0 spiro atoms. The first-order valence-electron chi connectivity index (χ1n) is 6.91. The van der Waals surface area contributed by atoms with Gasteiger partial charge in [0.1, 0.15) is 0 Å². The molecular weight excluding hydrogens is 241 g/mol. The van der Waals surface area contributed by atoms with E-state index in [2.05, 4.69) is 12.2 Å². The topological polar surface area (TPSA) is 15.3 Å². The smallest absolute Gasteiger partial charge is 0.314 e. The molecule has 18 heavy (non-hydrogen) atoms. The van der Waals surface area contributed by atoms with Crippen LogP contribution in [0.3, 0.4) is 0 Å². The zero-order valence-corrected chi connectivity index (χ0v) is 11.4. The molecule has 2 unspecified atom stereocenters. The molecule has 0 aliphatic heterocycles. The minimum atomic E-state index is -4.04. The second-order valence-corrected chi connectivity index (χ2v) is 5.34. The number of nitrogens with one attached hydrogen (secondary N) is 1. The normalized spacial score (nSPS) is 25.7. The lowest BCUT2D eigenvalue weighted by atomic mass is 9.84. The molecule has 0 saturated heterocycles. The SMILES string of the molecule is CCNC1CCCCC1CN(C)CCC(F)(F)F. The second kappa shape index (κ2) is 7.34. The maximum atomic E-state index is 12.2. The Hall–Kier alpha value is -0.290. The van der Waals surface area contributed by atoms with Gasteiger partial charge >= 0.3 is 6.18 Å². The molecule has 0 heterocycles. The van der Waals surface area contributed by atoms with Crippen molar-refractivity contribution in [1.82, 2.24) is 10.2 Å². The fourth-order valence-corrected chi connectivity index (χ4v) is 2.77. The number of hydrogen-bond acceptors (Lipinski definition) is 2. The van der Waals surface area contributed by atoms with Crippen LogP contribution in [0.5, 0.6) is 0 Å². The number of rotatable bonds is 6. The molecule has 1 N–H and O–H groups in total. The van der Waals surface area contributed by atoms with Crippen LogP contribution in [0, 0.1) is 5.92 Å². The number of hydrogen-bond donors (Lipinski definition) is 1. The van der Waals surface area contributed by atoms with E-state index in [-0.39, 0.29) is 6.54 Å². The van der Waals surface area contributed by atoms with Crippen molar-refractivity contribution in [3.63, 3.8) is 0 Å². The Morgan fingerprint density at radius 2 is 1.89 bits per heavy atom. The fraction of sp³-hybridized carbons (Fsp3) is 1.00. The Bertz CT molecular complexity index is 229. The van der Waals surface area contributed by atoms with Gasteiger partial charge < -0.3 is 10.2 Å². The van der Waals surface area contributed by atoms with Crippen molar-refractivity contribution in [2.75, 3.05) is 26.7 Å². The van der Waals surface area contributed by atoms with E-state index >= 15 is 0 Å². The fourth-order valence-electron chi connectivity index (χ4n) is 2.77. The van der Waals surface area contributed by atoms with Crippen LogP contribution in [0.15, 0.2) is 0 Å². The highest BCUT2D eigenvalue weighted by atomic mass is 19.4. The minimum Gasteiger partial charge on any atom is -0.314 e. The summed E-state index contributed by atoms with van der Waals surface area (Å²) in [6, 6.07) is 0.483. The standard InChI is InChI=1S/C13H25F3N2/c1-3-17-12-7-5-4-6-11(12)10-18(2)9-8-13(14,15)16/h11-12,17H,3-10H2,1-2H3. The van der Waals surface area contributed by atoms with Crippen LogP contribution < -0.4 is 5.32 Å². The number of halogens is 3. The van der Waals surface area contributed by atoms with Crippen LogP contribution >= 0.6 is 0 Å². The van der Waals surface area contributed by atoms with Gasteiger partial charge in [-0.25, -0.2) is 0 Å². The van der Waals surface area contributed by atoms with Crippen molar-refractivity contribution in [2.45, 2.75) is 51.2 Å².